The lowest BCUT2D eigenvalue weighted by Gasteiger charge is -2.26. The SMILES string of the molecule is CCOC(=O)c1ccc(C)c(S(=O)(=O)NC2CCC(N)CC2)c1. The van der Waals surface area contributed by atoms with Gasteiger partial charge in [0.1, 0.15) is 0 Å². The number of rotatable bonds is 5. The van der Waals surface area contributed by atoms with Gasteiger partial charge in [0, 0.05) is 12.1 Å². The predicted octanol–water partition coefficient (Wildman–Crippen LogP) is 1.72. The number of carbonyl (C=O) groups is 1. The van der Waals surface area contributed by atoms with Gasteiger partial charge in [-0.05, 0) is 57.2 Å². The molecule has 1 fully saturated rings. The molecule has 0 amide bonds. The summed E-state index contributed by atoms with van der Waals surface area (Å²) in [5.74, 6) is -0.521. The smallest absolute Gasteiger partial charge is 0.338 e. The highest BCUT2D eigenvalue weighted by Crippen LogP contribution is 2.22. The van der Waals surface area contributed by atoms with E-state index in [1.54, 1.807) is 26.0 Å². The lowest BCUT2D eigenvalue weighted by Crippen LogP contribution is -2.40. The van der Waals surface area contributed by atoms with Gasteiger partial charge in [-0.25, -0.2) is 17.9 Å². The standard InChI is InChI=1S/C16H24N2O4S/c1-3-22-16(19)12-5-4-11(2)15(10-12)23(20,21)18-14-8-6-13(17)7-9-14/h4-5,10,13-14,18H,3,6-9,17H2,1-2H3. The van der Waals surface area contributed by atoms with E-state index >= 15 is 0 Å². The van der Waals surface area contributed by atoms with Gasteiger partial charge in [-0.1, -0.05) is 6.07 Å². The molecule has 6 nitrogen and oxygen atoms in total. The highest BCUT2D eigenvalue weighted by Gasteiger charge is 2.26. The van der Waals surface area contributed by atoms with Crippen molar-refractivity contribution in [2.45, 2.75) is 56.5 Å². The molecule has 0 atom stereocenters. The second kappa shape index (κ2) is 7.42. The van der Waals surface area contributed by atoms with E-state index in [0.29, 0.717) is 5.56 Å². The van der Waals surface area contributed by atoms with Crippen LogP contribution in [0, 0.1) is 6.92 Å². The Balaban J connectivity index is 2.21. The normalized spacial score (nSPS) is 21.9. The Bertz CT molecular complexity index is 665. The number of ether oxygens (including phenoxy) is 1. The highest BCUT2D eigenvalue weighted by atomic mass is 32.2. The quantitative estimate of drug-likeness (QED) is 0.795. The van der Waals surface area contributed by atoms with E-state index in [0.717, 1.165) is 25.7 Å². The van der Waals surface area contributed by atoms with Crippen LogP contribution in [0.5, 0.6) is 0 Å². The molecule has 128 valence electrons. The number of carbonyl (C=O) groups excluding carboxylic acids is 1. The molecule has 1 aliphatic rings. The predicted molar refractivity (Wildman–Crippen MR) is 87.7 cm³/mol. The van der Waals surface area contributed by atoms with Crippen LogP contribution in [0.25, 0.3) is 0 Å². The second-order valence-electron chi connectivity index (χ2n) is 5.93. The molecule has 0 saturated heterocycles. The van der Waals surface area contributed by atoms with Crippen molar-refractivity contribution in [3.8, 4) is 0 Å². The Morgan fingerprint density at radius 3 is 2.57 bits per heavy atom. The van der Waals surface area contributed by atoms with E-state index in [1.807, 2.05) is 0 Å². The van der Waals surface area contributed by atoms with Crippen LogP contribution in [0.15, 0.2) is 23.1 Å². The van der Waals surface area contributed by atoms with Crippen molar-refractivity contribution in [1.29, 1.82) is 0 Å². The minimum absolute atomic E-state index is 0.106. The van der Waals surface area contributed by atoms with Gasteiger partial charge in [-0.3, -0.25) is 0 Å². The Hall–Kier alpha value is -1.44. The fraction of sp³-hybridized carbons (Fsp3) is 0.562. The van der Waals surface area contributed by atoms with E-state index in [1.165, 1.54) is 6.07 Å². The van der Waals surface area contributed by atoms with Crippen LogP contribution in [0.2, 0.25) is 0 Å². The maximum absolute atomic E-state index is 12.6. The molecule has 7 heteroatoms. The van der Waals surface area contributed by atoms with Crippen molar-refractivity contribution < 1.29 is 17.9 Å². The molecule has 0 bridgehead atoms. The van der Waals surface area contributed by atoms with E-state index in [2.05, 4.69) is 4.72 Å². The number of esters is 1. The van der Waals surface area contributed by atoms with Crippen LogP contribution >= 0.6 is 0 Å². The summed E-state index contributed by atoms with van der Waals surface area (Å²) in [7, 11) is -3.68. The van der Waals surface area contributed by atoms with Gasteiger partial charge in [0.25, 0.3) is 0 Å². The molecule has 1 aliphatic carbocycles. The molecular formula is C16H24N2O4S. The van der Waals surface area contributed by atoms with Crippen LogP contribution in [0.4, 0.5) is 0 Å². The molecule has 1 aromatic rings. The molecule has 3 N–H and O–H groups in total. The minimum Gasteiger partial charge on any atom is -0.462 e. The first-order chi connectivity index (χ1) is 10.8. The first kappa shape index (κ1) is 17.9. The Morgan fingerprint density at radius 1 is 1.30 bits per heavy atom. The molecule has 1 aromatic carbocycles. The number of hydrogen-bond acceptors (Lipinski definition) is 5. The van der Waals surface area contributed by atoms with Crippen molar-refractivity contribution in [2.24, 2.45) is 5.73 Å². The molecule has 23 heavy (non-hydrogen) atoms. The summed E-state index contributed by atoms with van der Waals surface area (Å²) in [6, 6.07) is 4.63. The summed E-state index contributed by atoms with van der Waals surface area (Å²) in [5.41, 5.74) is 6.68. The van der Waals surface area contributed by atoms with E-state index in [4.69, 9.17) is 10.5 Å². The topological polar surface area (TPSA) is 98.5 Å². The Morgan fingerprint density at radius 2 is 1.96 bits per heavy atom. The number of sulfonamides is 1. The van der Waals surface area contributed by atoms with Crippen LogP contribution in [-0.2, 0) is 14.8 Å². The van der Waals surface area contributed by atoms with Crippen LogP contribution in [0.3, 0.4) is 0 Å². The molecule has 2 rings (SSSR count). The Labute approximate surface area is 137 Å². The van der Waals surface area contributed by atoms with Gasteiger partial charge in [-0.15, -0.1) is 0 Å². The van der Waals surface area contributed by atoms with Gasteiger partial charge >= 0.3 is 5.97 Å². The van der Waals surface area contributed by atoms with Gasteiger partial charge in [0.2, 0.25) is 10.0 Å². The fourth-order valence-corrected chi connectivity index (χ4v) is 4.33. The summed E-state index contributed by atoms with van der Waals surface area (Å²) in [6.07, 6.45) is 3.10. The Kier molecular flexibility index (Phi) is 5.78. The number of nitrogens with two attached hydrogens (primary N) is 1. The first-order valence-corrected chi connectivity index (χ1v) is 9.37. The van der Waals surface area contributed by atoms with Gasteiger partial charge in [0.15, 0.2) is 0 Å². The van der Waals surface area contributed by atoms with Crippen molar-refractivity contribution in [2.75, 3.05) is 6.61 Å². The van der Waals surface area contributed by atoms with E-state index in [9.17, 15) is 13.2 Å². The first-order valence-electron chi connectivity index (χ1n) is 7.89. The molecule has 0 spiro atoms. The van der Waals surface area contributed by atoms with Crippen molar-refractivity contribution >= 4 is 16.0 Å². The second-order valence-corrected chi connectivity index (χ2v) is 7.62. The fourth-order valence-electron chi connectivity index (χ4n) is 2.75. The average Bonchev–Trinajstić information content (AvgIpc) is 2.50. The minimum atomic E-state index is -3.68. The molecule has 0 aliphatic heterocycles. The molecule has 0 unspecified atom stereocenters. The van der Waals surface area contributed by atoms with Crippen LogP contribution < -0.4 is 10.5 Å². The number of benzene rings is 1. The maximum Gasteiger partial charge on any atom is 0.338 e. The molecule has 0 heterocycles. The van der Waals surface area contributed by atoms with Crippen LogP contribution in [0.1, 0.15) is 48.5 Å². The van der Waals surface area contributed by atoms with Gasteiger partial charge < -0.3 is 10.5 Å². The molecule has 1 saturated carbocycles. The highest BCUT2D eigenvalue weighted by molar-refractivity contribution is 7.89. The number of nitrogens with one attached hydrogen (secondary N) is 1. The summed E-state index contributed by atoms with van der Waals surface area (Å²) in [5, 5.41) is 0. The summed E-state index contributed by atoms with van der Waals surface area (Å²) in [4.78, 5) is 11.9. The average molecular weight is 340 g/mol. The molecule has 0 aromatic heterocycles. The van der Waals surface area contributed by atoms with Crippen molar-refractivity contribution in [3.05, 3.63) is 29.3 Å². The number of hydrogen-bond donors (Lipinski definition) is 2. The molecular weight excluding hydrogens is 316 g/mol. The zero-order valence-corrected chi connectivity index (χ0v) is 14.4. The summed E-state index contributed by atoms with van der Waals surface area (Å²) < 4.78 is 32.9. The largest absolute Gasteiger partial charge is 0.462 e. The molecule has 0 radical (unpaired) electrons. The van der Waals surface area contributed by atoms with Gasteiger partial charge in [0.05, 0.1) is 17.1 Å². The summed E-state index contributed by atoms with van der Waals surface area (Å²) in [6.45, 7) is 3.66. The monoisotopic (exact) mass is 340 g/mol. The van der Waals surface area contributed by atoms with Crippen molar-refractivity contribution in [1.82, 2.24) is 4.72 Å². The zero-order valence-electron chi connectivity index (χ0n) is 13.5. The number of aryl methyl sites for hydroxylation is 1. The lowest BCUT2D eigenvalue weighted by molar-refractivity contribution is 0.0526. The maximum atomic E-state index is 12.6. The van der Waals surface area contributed by atoms with Gasteiger partial charge in [-0.2, -0.15) is 0 Å². The van der Waals surface area contributed by atoms with Crippen LogP contribution in [-0.4, -0.2) is 33.1 Å². The third-order valence-corrected chi connectivity index (χ3v) is 5.74. The lowest BCUT2D eigenvalue weighted by atomic mass is 9.93. The van der Waals surface area contributed by atoms with E-state index < -0.39 is 16.0 Å². The third kappa shape index (κ3) is 4.53. The van der Waals surface area contributed by atoms with Crippen molar-refractivity contribution in [3.63, 3.8) is 0 Å². The summed E-state index contributed by atoms with van der Waals surface area (Å²) >= 11 is 0. The zero-order chi connectivity index (χ0) is 17.0. The third-order valence-electron chi connectivity index (χ3n) is 4.08. The van der Waals surface area contributed by atoms with E-state index in [-0.39, 0.29) is 29.1 Å².